The van der Waals surface area contributed by atoms with Crippen LogP contribution in [0.4, 0.5) is 0 Å². The molecule has 0 bridgehead atoms. The Kier molecular flexibility index (Phi) is 7.70. The van der Waals surface area contributed by atoms with Gasteiger partial charge in [0.25, 0.3) is 0 Å². The molecule has 0 saturated carbocycles. The predicted octanol–water partition coefficient (Wildman–Crippen LogP) is 5.22. The van der Waals surface area contributed by atoms with E-state index in [0.717, 1.165) is 19.3 Å². The third kappa shape index (κ3) is 7.74. The first kappa shape index (κ1) is 16.7. The summed E-state index contributed by atoms with van der Waals surface area (Å²) in [7, 11) is 0. The SMILES string of the molecule is C=CCCCCCCCCC1OC(C)CC(C)(C)O1. The standard InChI is InChI=1S/C17H32O2/c1-5-6-7-8-9-10-11-12-13-16-18-15(2)14-17(3,4)19-16/h5,15-16H,1,6-14H2,2-4H3. The molecule has 0 aromatic heterocycles. The van der Waals surface area contributed by atoms with E-state index in [1.807, 2.05) is 6.08 Å². The highest BCUT2D eigenvalue weighted by atomic mass is 16.7. The van der Waals surface area contributed by atoms with Crippen LogP contribution in [-0.2, 0) is 9.47 Å². The molecule has 0 aromatic carbocycles. The van der Waals surface area contributed by atoms with Gasteiger partial charge in [0.05, 0.1) is 11.7 Å². The van der Waals surface area contributed by atoms with Crippen LogP contribution >= 0.6 is 0 Å². The van der Waals surface area contributed by atoms with E-state index in [9.17, 15) is 0 Å². The van der Waals surface area contributed by atoms with Crippen molar-refractivity contribution in [1.82, 2.24) is 0 Å². The number of ether oxygens (including phenoxy) is 2. The van der Waals surface area contributed by atoms with E-state index in [1.54, 1.807) is 0 Å². The molecule has 0 aromatic rings. The van der Waals surface area contributed by atoms with Gasteiger partial charge < -0.3 is 9.47 Å². The largest absolute Gasteiger partial charge is 0.350 e. The second kappa shape index (κ2) is 8.76. The van der Waals surface area contributed by atoms with E-state index in [-0.39, 0.29) is 11.9 Å². The fraction of sp³-hybridized carbons (Fsp3) is 0.882. The van der Waals surface area contributed by atoms with Crippen molar-refractivity contribution in [2.45, 2.75) is 96.6 Å². The molecule has 2 heteroatoms. The quantitative estimate of drug-likeness (QED) is 0.421. The van der Waals surface area contributed by atoms with Crippen LogP contribution in [0.2, 0.25) is 0 Å². The van der Waals surface area contributed by atoms with Crippen LogP contribution in [0.3, 0.4) is 0 Å². The monoisotopic (exact) mass is 268 g/mol. The van der Waals surface area contributed by atoms with Crippen molar-refractivity contribution in [2.75, 3.05) is 0 Å². The van der Waals surface area contributed by atoms with E-state index < -0.39 is 0 Å². The number of hydrogen-bond acceptors (Lipinski definition) is 2. The molecule has 1 saturated heterocycles. The lowest BCUT2D eigenvalue weighted by Gasteiger charge is -2.39. The lowest BCUT2D eigenvalue weighted by Crippen LogP contribution is -2.42. The Morgan fingerprint density at radius 1 is 1.11 bits per heavy atom. The number of unbranched alkanes of at least 4 members (excludes halogenated alkanes) is 6. The van der Waals surface area contributed by atoms with Crippen LogP contribution in [0.15, 0.2) is 12.7 Å². The van der Waals surface area contributed by atoms with E-state index in [0.29, 0.717) is 6.10 Å². The van der Waals surface area contributed by atoms with Crippen molar-refractivity contribution in [3.63, 3.8) is 0 Å². The van der Waals surface area contributed by atoms with Crippen molar-refractivity contribution >= 4 is 0 Å². The molecule has 2 nitrogen and oxygen atoms in total. The van der Waals surface area contributed by atoms with Crippen LogP contribution in [0, 0.1) is 0 Å². The minimum atomic E-state index is -0.0208. The van der Waals surface area contributed by atoms with Crippen LogP contribution < -0.4 is 0 Å². The smallest absolute Gasteiger partial charge is 0.158 e. The van der Waals surface area contributed by atoms with Gasteiger partial charge in [0.2, 0.25) is 0 Å². The number of hydrogen-bond donors (Lipinski definition) is 0. The normalized spacial score (nSPS) is 26.3. The zero-order chi connectivity index (χ0) is 14.1. The average Bonchev–Trinajstić information content (AvgIpc) is 2.30. The van der Waals surface area contributed by atoms with E-state index >= 15 is 0 Å². The summed E-state index contributed by atoms with van der Waals surface area (Å²) in [4.78, 5) is 0. The highest BCUT2D eigenvalue weighted by Gasteiger charge is 2.32. The van der Waals surface area contributed by atoms with Gasteiger partial charge in [-0.2, -0.15) is 0 Å². The van der Waals surface area contributed by atoms with Gasteiger partial charge in [-0.1, -0.05) is 31.8 Å². The molecule has 1 fully saturated rings. The molecule has 1 heterocycles. The minimum absolute atomic E-state index is 0.0134. The summed E-state index contributed by atoms with van der Waals surface area (Å²) in [5.41, 5.74) is -0.0208. The Bertz CT molecular complexity index is 248. The molecule has 2 unspecified atom stereocenters. The number of allylic oxidation sites excluding steroid dienone is 1. The average molecular weight is 268 g/mol. The maximum absolute atomic E-state index is 5.97. The Morgan fingerprint density at radius 3 is 2.37 bits per heavy atom. The Hall–Kier alpha value is -0.340. The molecule has 0 spiro atoms. The van der Waals surface area contributed by atoms with Crippen molar-refractivity contribution in [1.29, 1.82) is 0 Å². The molecule has 0 radical (unpaired) electrons. The van der Waals surface area contributed by atoms with E-state index in [2.05, 4.69) is 27.4 Å². The summed E-state index contributed by atoms with van der Waals surface area (Å²) < 4.78 is 11.8. The fourth-order valence-electron chi connectivity index (χ4n) is 2.86. The maximum atomic E-state index is 5.97. The van der Waals surface area contributed by atoms with Gasteiger partial charge in [-0.3, -0.25) is 0 Å². The van der Waals surface area contributed by atoms with Crippen LogP contribution in [0.25, 0.3) is 0 Å². The molecule has 1 rings (SSSR count). The third-order valence-electron chi connectivity index (χ3n) is 3.71. The van der Waals surface area contributed by atoms with Crippen LogP contribution in [0.5, 0.6) is 0 Å². The summed E-state index contributed by atoms with van der Waals surface area (Å²) in [5, 5.41) is 0. The molecule has 0 N–H and O–H groups in total. The third-order valence-corrected chi connectivity index (χ3v) is 3.71. The molecule has 1 aliphatic heterocycles. The highest BCUT2D eigenvalue weighted by Crippen LogP contribution is 2.29. The van der Waals surface area contributed by atoms with Gasteiger partial charge in [0, 0.05) is 6.42 Å². The van der Waals surface area contributed by atoms with Crippen molar-refractivity contribution in [3.8, 4) is 0 Å². The van der Waals surface area contributed by atoms with Gasteiger partial charge in [-0.15, -0.1) is 6.58 Å². The molecule has 0 amide bonds. The van der Waals surface area contributed by atoms with Gasteiger partial charge in [0.1, 0.15) is 0 Å². The van der Waals surface area contributed by atoms with Crippen molar-refractivity contribution in [2.24, 2.45) is 0 Å². The lowest BCUT2D eigenvalue weighted by atomic mass is 9.99. The summed E-state index contributed by atoms with van der Waals surface area (Å²) in [6, 6.07) is 0. The topological polar surface area (TPSA) is 18.5 Å². The Labute approximate surface area is 119 Å². The summed E-state index contributed by atoms with van der Waals surface area (Å²) in [6.07, 6.45) is 13.4. The fourth-order valence-corrected chi connectivity index (χ4v) is 2.86. The highest BCUT2D eigenvalue weighted by molar-refractivity contribution is 4.77. The summed E-state index contributed by atoms with van der Waals surface area (Å²) in [5.74, 6) is 0. The Balaban J connectivity index is 2.01. The molecule has 1 aliphatic rings. The zero-order valence-electron chi connectivity index (χ0n) is 13.1. The van der Waals surface area contributed by atoms with Crippen LogP contribution in [-0.4, -0.2) is 18.0 Å². The van der Waals surface area contributed by atoms with Crippen molar-refractivity contribution < 1.29 is 9.47 Å². The first-order valence-corrected chi connectivity index (χ1v) is 7.98. The molecule has 112 valence electrons. The maximum Gasteiger partial charge on any atom is 0.158 e. The molecule has 2 atom stereocenters. The van der Waals surface area contributed by atoms with E-state index in [1.165, 1.54) is 38.5 Å². The second-order valence-electron chi connectivity index (χ2n) is 6.45. The van der Waals surface area contributed by atoms with Gasteiger partial charge >= 0.3 is 0 Å². The molecule has 19 heavy (non-hydrogen) atoms. The molecular weight excluding hydrogens is 236 g/mol. The lowest BCUT2D eigenvalue weighted by molar-refractivity contribution is -0.270. The second-order valence-corrected chi connectivity index (χ2v) is 6.45. The first-order chi connectivity index (χ1) is 9.03. The van der Waals surface area contributed by atoms with Gasteiger partial charge in [0.15, 0.2) is 6.29 Å². The summed E-state index contributed by atoms with van der Waals surface area (Å²) in [6.45, 7) is 10.2. The van der Waals surface area contributed by atoms with Gasteiger partial charge in [-0.25, -0.2) is 0 Å². The first-order valence-electron chi connectivity index (χ1n) is 7.98. The zero-order valence-corrected chi connectivity index (χ0v) is 13.1. The Morgan fingerprint density at radius 2 is 1.74 bits per heavy atom. The number of rotatable bonds is 9. The van der Waals surface area contributed by atoms with Crippen molar-refractivity contribution in [3.05, 3.63) is 12.7 Å². The molecule has 0 aliphatic carbocycles. The van der Waals surface area contributed by atoms with Gasteiger partial charge in [-0.05, 0) is 46.5 Å². The predicted molar refractivity (Wildman–Crippen MR) is 81.2 cm³/mol. The minimum Gasteiger partial charge on any atom is -0.350 e. The molecular formula is C17H32O2. The summed E-state index contributed by atoms with van der Waals surface area (Å²) >= 11 is 0. The van der Waals surface area contributed by atoms with E-state index in [4.69, 9.17) is 9.47 Å². The van der Waals surface area contributed by atoms with Crippen LogP contribution in [0.1, 0.15) is 78.6 Å².